The van der Waals surface area contributed by atoms with Crippen molar-refractivity contribution in [3.8, 4) is 0 Å². The van der Waals surface area contributed by atoms with Crippen LogP contribution in [0, 0.1) is 5.82 Å². The Balaban J connectivity index is 1.41. The molecule has 0 unspecified atom stereocenters. The van der Waals surface area contributed by atoms with E-state index in [9.17, 15) is 14.0 Å². The molecule has 160 valence electrons. The molecule has 6 nitrogen and oxygen atoms in total. The van der Waals surface area contributed by atoms with Crippen molar-refractivity contribution < 1.29 is 14.0 Å². The van der Waals surface area contributed by atoms with Gasteiger partial charge in [-0.1, -0.05) is 41.9 Å². The van der Waals surface area contributed by atoms with Crippen LogP contribution in [0.3, 0.4) is 0 Å². The van der Waals surface area contributed by atoms with Crippen LogP contribution in [0.4, 0.5) is 10.1 Å². The monoisotopic (exact) mass is 432 g/mol. The number of carbonyl (C=O) groups excluding carboxylic acids is 2. The zero-order valence-corrected chi connectivity index (χ0v) is 17.7. The molecule has 0 radical (unpaired) electrons. The summed E-state index contributed by atoms with van der Waals surface area (Å²) in [5.74, 6) is -0.604. The van der Waals surface area contributed by atoms with E-state index in [1.807, 2.05) is 6.07 Å². The van der Waals surface area contributed by atoms with Gasteiger partial charge < -0.3 is 10.2 Å². The number of para-hydroxylation sites is 1. The molecule has 2 amide bonds. The van der Waals surface area contributed by atoms with Crippen LogP contribution in [0.25, 0.3) is 0 Å². The average Bonchev–Trinajstić information content (AvgIpc) is 2.72. The molecule has 1 N–H and O–H groups in total. The van der Waals surface area contributed by atoms with Gasteiger partial charge in [-0.15, -0.1) is 0 Å². The van der Waals surface area contributed by atoms with Gasteiger partial charge in [-0.2, -0.15) is 0 Å². The van der Waals surface area contributed by atoms with Crippen molar-refractivity contribution in [2.24, 2.45) is 0 Å². The fourth-order valence-electron chi connectivity index (χ4n) is 3.34. The van der Waals surface area contributed by atoms with E-state index < -0.39 is 0 Å². The van der Waals surface area contributed by atoms with Gasteiger partial charge in [-0.25, -0.2) is 4.39 Å². The molecule has 0 spiro atoms. The lowest BCUT2D eigenvalue weighted by Crippen LogP contribution is -2.50. The van der Waals surface area contributed by atoms with Gasteiger partial charge >= 0.3 is 0 Å². The maximum Gasteiger partial charge on any atom is 0.244 e. The average molecular weight is 433 g/mol. The molecule has 0 bridgehead atoms. The Morgan fingerprint density at radius 1 is 1.03 bits per heavy atom. The fourth-order valence-corrected chi connectivity index (χ4v) is 3.52. The maximum atomic E-state index is 13.8. The first-order valence-corrected chi connectivity index (χ1v) is 10.3. The molecule has 1 fully saturated rings. The summed E-state index contributed by atoms with van der Waals surface area (Å²) in [6.45, 7) is 3.74. The van der Waals surface area contributed by atoms with Crippen LogP contribution in [0.15, 0.2) is 48.5 Å². The number of benzene rings is 2. The second kappa shape index (κ2) is 10.5. The zero-order valence-electron chi connectivity index (χ0n) is 17.0. The Kier molecular flexibility index (Phi) is 7.79. The van der Waals surface area contributed by atoms with Gasteiger partial charge in [-0.3, -0.25) is 19.4 Å². The number of carbonyl (C=O) groups is 2. The van der Waals surface area contributed by atoms with Crippen molar-refractivity contribution in [1.29, 1.82) is 0 Å². The van der Waals surface area contributed by atoms with Gasteiger partial charge in [0, 0.05) is 45.3 Å². The third-order valence-corrected chi connectivity index (χ3v) is 5.46. The standard InChI is InChI=1S/C22H26ClFN4O2/c1-26(15-21(29)25-20-9-5-3-7-18(20)23)22(30)16-28-12-10-27(11-13-28)14-17-6-2-4-8-19(17)24/h2-9H,10-16H2,1H3,(H,25,29). The third kappa shape index (κ3) is 6.26. The minimum Gasteiger partial charge on any atom is -0.335 e. The molecule has 1 saturated heterocycles. The van der Waals surface area contributed by atoms with E-state index in [0.717, 1.165) is 26.2 Å². The SMILES string of the molecule is CN(CC(=O)Nc1ccccc1Cl)C(=O)CN1CCN(Cc2ccccc2F)CC1. The first kappa shape index (κ1) is 22.2. The topological polar surface area (TPSA) is 55.9 Å². The van der Waals surface area contributed by atoms with Gasteiger partial charge in [0.05, 0.1) is 23.8 Å². The molecule has 3 rings (SSSR count). The van der Waals surface area contributed by atoms with E-state index in [1.54, 1.807) is 43.4 Å². The molecule has 0 saturated carbocycles. The maximum absolute atomic E-state index is 13.8. The molecule has 1 heterocycles. The minimum absolute atomic E-state index is 0.0443. The predicted octanol–water partition coefficient (Wildman–Crippen LogP) is 2.69. The van der Waals surface area contributed by atoms with Crippen molar-refractivity contribution in [1.82, 2.24) is 14.7 Å². The number of nitrogens with zero attached hydrogens (tertiary/aromatic N) is 3. The number of rotatable bonds is 7. The first-order valence-electron chi connectivity index (χ1n) is 9.89. The van der Waals surface area contributed by atoms with Gasteiger partial charge in [0.15, 0.2) is 0 Å². The van der Waals surface area contributed by atoms with Crippen LogP contribution in [0.1, 0.15) is 5.56 Å². The number of amides is 2. The summed E-state index contributed by atoms with van der Waals surface area (Å²) < 4.78 is 13.8. The molecule has 2 aromatic carbocycles. The van der Waals surface area contributed by atoms with Crippen molar-refractivity contribution in [3.05, 3.63) is 64.9 Å². The van der Waals surface area contributed by atoms with E-state index >= 15 is 0 Å². The van der Waals surface area contributed by atoms with Gasteiger partial charge in [-0.05, 0) is 18.2 Å². The van der Waals surface area contributed by atoms with Crippen molar-refractivity contribution in [2.45, 2.75) is 6.54 Å². The number of piperazine rings is 1. The molecular formula is C22H26ClFN4O2. The molecular weight excluding hydrogens is 407 g/mol. The van der Waals surface area contributed by atoms with E-state index in [4.69, 9.17) is 11.6 Å². The Hall–Kier alpha value is -2.48. The molecule has 1 aliphatic rings. The van der Waals surface area contributed by atoms with Gasteiger partial charge in [0.25, 0.3) is 0 Å². The summed E-state index contributed by atoms with van der Waals surface area (Å²) in [4.78, 5) is 30.4. The highest BCUT2D eigenvalue weighted by molar-refractivity contribution is 6.33. The number of anilines is 1. The summed E-state index contributed by atoms with van der Waals surface area (Å²) in [5, 5.41) is 3.17. The summed E-state index contributed by atoms with van der Waals surface area (Å²) in [7, 11) is 1.61. The molecule has 2 aromatic rings. The van der Waals surface area contributed by atoms with Crippen LogP contribution >= 0.6 is 11.6 Å². The van der Waals surface area contributed by atoms with Crippen molar-refractivity contribution in [2.75, 3.05) is 51.6 Å². The minimum atomic E-state index is -0.298. The van der Waals surface area contributed by atoms with Crippen LogP contribution in [-0.4, -0.2) is 72.8 Å². The van der Waals surface area contributed by atoms with Crippen LogP contribution < -0.4 is 5.32 Å². The highest BCUT2D eigenvalue weighted by atomic mass is 35.5. The number of hydrogen-bond donors (Lipinski definition) is 1. The second-order valence-corrected chi connectivity index (χ2v) is 7.83. The fraction of sp³-hybridized carbons (Fsp3) is 0.364. The van der Waals surface area contributed by atoms with Crippen LogP contribution in [0.5, 0.6) is 0 Å². The van der Waals surface area contributed by atoms with Crippen molar-refractivity contribution >= 4 is 29.1 Å². The van der Waals surface area contributed by atoms with Crippen LogP contribution in [-0.2, 0) is 16.1 Å². The van der Waals surface area contributed by atoms with Gasteiger partial charge in [0.2, 0.25) is 11.8 Å². The molecule has 0 aromatic heterocycles. The molecule has 0 atom stereocenters. The summed E-state index contributed by atoms with van der Waals surface area (Å²) in [5.41, 5.74) is 1.21. The van der Waals surface area contributed by atoms with Crippen LogP contribution in [0.2, 0.25) is 5.02 Å². The summed E-state index contributed by atoms with van der Waals surface area (Å²) in [6, 6.07) is 13.8. The Labute approximate surface area is 181 Å². The van der Waals surface area contributed by atoms with E-state index in [1.165, 1.54) is 11.0 Å². The van der Waals surface area contributed by atoms with E-state index in [-0.39, 0.29) is 30.7 Å². The Morgan fingerprint density at radius 2 is 1.67 bits per heavy atom. The molecule has 30 heavy (non-hydrogen) atoms. The third-order valence-electron chi connectivity index (χ3n) is 5.13. The van der Waals surface area contributed by atoms with Gasteiger partial charge in [0.1, 0.15) is 5.82 Å². The molecule has 1 aliphatic heterocycles. The van der Waals surface area contributed by atoms with E-state index in [2.05, 4.69) is 15.1 Å². The smallest absolute Gasteiger partial charge is 0.244 e. The lowest BCUT2D eigenvalue weighted by atomic mass is 10.2. The first-order chi connectivity index (χ1) is 14.4. The predicted molar refractivity (Wildman–Crippen MR) is 116 cm³/mol. The lowest BCUT2D eigenvalue weighted by molar-refractivity contribution is -0.134. The lowest BCUT2D eigenvalue weighted by Gasteiger charge is -2.35. The highest BCUT2D eigenvalue weighted by Crippen LogP contribution is 2.20. The molecule has 0 aliphatic carbocycles. The van der Waals surface area contributed by atoms with E-state index in [0.29, 0.717) is 22.8 Å². The largest absolute Gasteiger partial charge is 0.335 e. The highest BCUT2D eigenvalue weighted by Gasteiger charge is 2.22. The number of halogens is 2. The summed E-state index contributed by atoms with van der Waals surface area (Å²) >= 11 is 6.04. The number of likely N-dealkylation sites (N-methyl/N-ethyl adjacent to an activating group) is 1. The Morgan fingerprint density at radius 3 is 2.37 bits per heavy atom. The normalized spacial score (nSPS) is 15.0. The zero-order chi connectivity index (χ0) is 21.5. The molecule has 8 heteroatoms. The second-order valence-electron chi connectivity index (χ2n) is 7.42. The quantitative estimate of drug-likeness (QED) is 0.731. The number of hydrogen-bond acceptors (Lipinski definition) is 4. The summed E-state index contributed by atoms with van der Waals surface area (Å²) in [6.07, 6.45) is 0. The number of nitrogens with one attached hydrogen (secondary N) is 1. The van der Waals surface area contributed by atoms with Crippen molar-refractivity contribution in [3.63, 3.8) is 0 Å². The Bertz CT molecular complexity index is 887.